The van der Waals surface area contributed by atoms with Gasteiger partial charge in [0.2, 0.25) is 10.0 Å². The van der Waals surface area contributed by atoms with Gasteiger partial charge in [-0.05, 0) is 47.9 Å². The predicted octanol–water partition coefficient (Wildman–Crippen LogP) is 3.86. The summed E-state index contributed by atoms with van der Waals surface area (Å²) in [5.41, 5.74) is 1.67. The fourth-order valence-corrected chi connectivity index (χ4v) is 6.20. The third-order valence-electron chi connectivity index (χ3n) is 6.56. The first-order chi connectivity index (χ1) is 15.9. The zero-order chi connectivity index (χ0) is 23.0. The number of nitro groups is 1. The Labute approximate surface area is 193 Å². The fourth-order valence-electron chi connectivity index (χ4n) is 4.74. The van der Waals surface area contributed by atoms with Crippen LogP contribution in [-0.2, 0) is 10.0 Å². The first-order valence-corrected chi connectivity index (χ1v) is 12.6. The number of rotatable bonds is 5. The third kappa shape index (κ3) is 4.14. The van der Waals surface area contributed by atoms with Gasteiger partial charge in [-0.2, -0.15) is 4.31 Å². The van der Waals surface area contributed by atoms with E-state index in [4.69, 9.17) is 0 Å². The summed E-state index contributed by atoms with van der Waals surface area (Å²) < 4.78 is 28.0. The Morgan fingerprint density at radius 2 is 1.45 bits per heavy atom. The SMILES string of the molecule is O=[N+]([O-])c1ccc(N2CCN(S(=O)(=O)c3ccc4ccccc4c3)CC2)cc1N1CCCC1. The first kappa shape index (κ1) is 21.7. The summed E-state index contributed by atoms with van der Waals surface area (Å²) >= 11 is 0. The number of piperazine rings is 1. The van der Waals surface area contributed by atoms with Crippen LogP contribution in [0.2, 0.25) is 0 Å². The van der Waals surface area contributed by atoms with Crippen LogP contribution in [-0.4, -0.2) is 56.9 Å². The summed E-state index contributed by atoms with van der Waals surface area (Å²) in [6.45, 7) is 3.44. The Morgan fingerprint density at radius 1 is 0.758 bits per heavy atom. The molecule has 2 aliphatic heterocycles. The number of fused-ring (bicyclic) bond motifs is 1. The topological polar surface area (TPSA) is 87.0 Å². The molecule has 8 nitrogen and oxygen atoms in total. The van der Waals surface area contributed by atoms with Gasteiger partial charge in [0.1, 0.15) is 5.69 Å². The van der Waals surface area contributed by atoms with Crippen molar-refractivity contribution >= 4 is 37.9 Å². The van der Waals surface area contributed by atoms with Crippen molar-refractivity contribution in [3.8, 4) is 0 Å². The smallest absolute Gasteiger partial charge is 0.292 e. The second-order valence-corrected chi connectivity index (χ2v) is 10.5. The number of nitrogens with zero attached hydrogens (tertiary/aromatic N) is 4. The van der Waals surface area contributed by atoms with Gasteiger partial charge in [-0.15, -0.1) is 0 Å². The molecule has 5 rings (SSSR count). The lowest BCUT2D eigenvalue weighted by Gasteiger charge is -2.35. The summed E-state index contributed by atoms with van der Waals surface area (Å²) in [5, 5.41) is 13.4. The molecule has 0 aromatic heterocycles. The number of sulfonamides is 1. The number of anilines is 2. The molecule has 0 unspecified atom stereocenters. The lowest BCUT2D eigenvalue weighted by molar-refractivity contribution is -0.384. The predicted molar refractivity (Wildman–Crippen MR) is 129 cm³/mol. The maximum Gasteiger partial charge on any atom is 0.292 e. The van der Waals surface area contributed by atoms with Crippen molar-refractivity contribution in [2.24, 2.45) is 0 Å². The molecular formula is C24H26N4O4S. The molecule has 33 heavy (non-hydrogen) atoms. The van der Waals surface area contributed by atoms with Crippen LogP contribution in [0.25, 0.3) is 10.8 Å². The molecular weight excluding hydrogens is 440 g/mol. The van der Waals surface area contributed by atoms with Crippen LogP contribution in [0.1, 0.15) is 12.8 Å². The molecule has 2 saturated heterocycles. The normalized spacial score (nSPS) is 17.6. The van der Waals surface area contributed by atoms with E-state index in [9.17, 15) is 18.5 Å². The van der Waals surface area contributed by atoms with Crippen molar-refractivity contribution in [1.82, 2.24) is 4.31 Å². The van der Waals surface area contributed by atoms with Crippen LogP contribution in [0.5, 0.6) is 0 Å². The standard InChI is InChI=1S/C24H26N4O4S/c29-28(30)23-10-8-21(18-24(23)26-11-3-4-12-26)25-13-15-27(16-14-25)33(31,32)22-9-7-19-5-1-2-6-20(19)17-22/h1-2,5-10,17-18H,3-4,11-16H2. The molecule has 0 saturated carbocycles. The molecule has 0 N–H and O–H groups in total. The Bertz CT molecular complexity index is 1300. The monoisotopic (exact) mass is 466 g/mol. The van der Waals surface area contributed by atoms with E-state index in [1.807, 2.05) is 36.4 Å². The van der Waals surface area contributed by atoms with Crippen molar-refractivity contribution in [3.05, 3.63) is 70.8 Å². The maximum atomic E-state index is 13.2. The number of hydrogen-bond donors (Lipinski definition) is 0. The highest BCUT2D eigenvalue weighted by atomic mass is 32.2. The highest BCUT2D eigenvalue weighted by molar-refractivity contribution is 7.89. The van der Waals surface area contributed by atoms with Gasteiger partial charge in [-0.3, -0.25) is 10.1 Å². The molecule has 0 aliphatic carbocycles. The van der Waals surface area contributed by atoms with Crippen molar-refractivity contribution in [1.29, 1.82) is 0 Å². The van der Waals surface area contributed by atoms with E-state index >= 15 is 0 Å². The van der Waals surface area contributed by atoms with E-state index in [0.29, 0.717) is 36.8 Å². The highest BCUT2D eigenvalue weighted by Crippen LogP contribution is 2.35. The van der Waals surface area contributed by atoms with Gasteiger partial charge in [-0.25, -0.2) is 8.42 Å². The quantitative estimate of drug-likeness (QED) is 0.419. The Hall–Kier alpha value is -3.17. The molecule has 9 heteroatoms. The van der Waals surface area contributed by atoms with Crippen LogP contribution in [0.4, 0.5) is 17.1 Å². The molecule has 0 amide bonds. The van der Waals surface area contributed by atoms with E-state index in [2.05, 4.69) is 9.80 Å². The molecule has 3 aromatic carbocycles. The van der Waals surface area contributed by atoms with Gasteiger partial charge in [0.05, 0.1) is 9.82 Å². The maximum absolute atomic E-state index is 13.2. The van der Waals surface area contributed by atoms with Crippen molar-refractivity contribution in [2.75, 3.05) is 49.1 Å². The minimum atomic E-state index is -3.59. The summed E-state index contributed by atoms with van der Waals surface area (Å²) in [5.74, 6) is 0. The van der Waals surface area contributed by atoms with E-state index in [1.165, 1.54) is 4.31 Å². The van der Waals surface area contributed by atoms with E-state index in [0.717, 1.165) is 42.4 Å². The molecule has 2 aliphatic rings. The van der Waals surface area contributed by atoms with Gasteiger partial charge in [0.15, 0.2) is 0 Å². The summed E-state index contributed by atoms with van der Waals surface area (Å²) in [6.07, 6.45) is 2.07. The average molecular weight is 467 g/mol. The van der Waals surface area contributed by atoms with Crippen molar-refractivity contribution in [2.45, 2.75) is 17.7 Å². The Morgan fingerprint density at radius 3 is 2.15 bits per heavy atom. The zero-order valence-electron chi connectivity index (χ0n) is 18.3. The largest absolute Gasteiger partial charge is 0.369 e. The van der Waals surface area contributed by atoms with Crippen molar-refractivity contribution < 1.29 is 13.3 Å². The van der Waals surface area contributed by atoms with Gasteiger partial charge in [0.25, 0.3) is 5.69 Å². The molecule has 3 aromatic rings. The molecule has 0 spiro atoms. The van der Waals surface area contributed by atoms with Crippen molar-refractivity contribution in [3.63, 3.8) is 0 Å². The van der Waals surface area contributed by atoms with Gasteiger partial charge in [-0.1, -0.05) is 30.3 Å². The third-order valence-corrected chi connectivity index (χ3v) is 8.46. The minimum absolute atomic E-state index is 0.123. The van der Waals surface area contributed by atoms with Crippen LogP contribution >= 0.6 is 0 Å². The highest BCUT2D eigenvalue weighted by Gasteiger charge is 2.30. The second kappa shape index (κ2) is 8.64. The number of nitro benzene ring substituents is 1. The summed E-state index contributed by atoms with van der Waals surface area (Å²) in [6, 6.07) is 18.2. The molecule has 2 heterocycles. The van der Waals surface area contributed by atoms with Crippen LogP contribution in [0.3, 0.4) is 0 Å². The van der Waals surface area contributed by atoms with Crippen LogP contribution in [0.15, 0.2) is 65.6 Å². The zero-order valence-corrected chi connectivity index (χ0v) is 19.1. The molecule has 0 bridgehead atoms. The molecule has 2 fully saturated rings. The fraction of sp³-hybridized carbons (Fsp3) is 0.333. The van der Waals surface area contributed by atoms with Gasteiger partial charge >= 0.3 is 0 Å². The summed E-state index contributed by atoms with van der Waals surface area (Å²) in [7, 11) is -3.59. The number of hydrogen-bond acceptors (Lipinski definition) is 6. The van der Waals surface area contributed by atoms with E-state index < -0.39 is 10.0 Å². The number of benzene rings is 3. The first-order valence-electron chi connectivity index (χ1n) is 11.2. The average Bonchev–Trinajstić information content (AvgIpc) is 3.38. The van der Waals surface area contributed by atoms with Crippen LogP contribution < -0.4 is 9.80 Å². The molecule has 172 valence electrons. The van der Waals surface area contributed by atoms with E-state index in [-0.39, 0.29) is 10.6 Å². The minimum Gasteiger partial charge on any atom is -0.369 e. The van der Waals surface area contributed by atoms with E-state index in [1.54, 1.807) is 24.3 Å². The lowest BCUT2D eigenvalue weighted by Crippen LogP contribution is -2.48. The van der Waals surface area contributed by atoms with Crippen LogP contribution in [0, 0.1) is 10.1 Å². The van der Waals surface area contributed by atoms with Gasteiger partial charge < -0.3 is 9.80 Å². The molecule has 0 radical (unpaired) electrons. The second-order valence-electron chi connectivity index (χ2n) is 8.52. The van der Waals surface area contributed by atoms with Gasteiger partial charge in [0, 0.05) is 51.0 Å². The Balaban J connectivity index is 1.34. The molecule has 0 atom stereocenters. The lowest BCUT2D eigenvalue weighted by atomic mass is 10.1. The summed E-state index contributed by atoms with van der Waals surface area (Å²) in [4.78, 5) is 15.7. The Kier molecular flexibility index (Phi) is 5.67.